The highest BCUT2D eigenvalue weighted by Gasteiger charge is 2.30. The summed E-state index contributed by atoms with van der Waals surface area (Å²) in [6.45, 7) is 6.73. The normalized spacial score (nSPS) is 18.9. The van der Waals surface area contributed by atoms with Crippen LogP contribution in [-0.2, 0) is 17.5 Å². The van der Waals surface area contributed by atoms with Gasteiger partial charge in [0.2, 0.25) is 5.91 Å². The summed E-state index contributed by atoms with van der Waals surface area (Å²) in [5.74, 6) is 0.656. The maximum atomic E-state index is 12.7. The van der Waals surface area contributed by atoms with Crippen LogP contribution < -0.4 is 16.0 Å². The molecule has 0 bridgehead atoms. The molecule has 3 N–H and O–H groups in total. The van der Waals surface area contributed by atoms with Gasteiger partial charge in [-0.1, -0.05) is 19.1 Å². The Morgan fingerprint density at radius 1 is 1.30 bits per heavy atom. The lowest BCUT2D eigenvalue weighted by molar-refractivity contribution is -0.137. The smallest absolute Gasteiger partial charge is 0.356 e. The lowest BCUT2D eigenvalue weighted by Crippen LogP contribution is -2.45. The first-order chi connectivity index (χ1) is 14.2. The van der Waals surface area contributed by atoms with Crippen LogP contribution in [0.25, 0.3) is 0 Å². The third-order valence-corrected chi connectivity index (χ3v) is 5.19. The van der Waals surface area contributed by atoms with Gasteiger partial charge in [-0.25, -0.2) is 0 Å². The first-order valence-corrected chi connectivity index (χ1v) is 10.4. The van der Waals surface area contributed by atoms with Gasteiger partial charge in [-0.2, -0.15) is 13.2 Å². The summed E-state index contributed by atoms with van der Waals surface area (Å²) in [5.41, 5.74) is 0.235. The molecule has 0 spiro atoms. The van der Waals surface area contributed by atoms with Crippen molar-refractivity contribution in [1.82, 2.24) is 20.9 Å². The predicted molar refractivity (Wildman–Crippen MR) is 112 cm³/mol. The van der Waals surface area contributed by atoms with Crippen LogP contribution >= 0.6 is 0 Å². The van der Waals surface area contributed by atoms with Gasteiger partial charge in [0.15, 0.2) is 5.96 Å². The maximum absolute atomic E-state index is 12.7. The molecule has 1 saturated heterocycles. The van der Waals surface area contributed by atoms with E-state index in [4.69, 9.17) is 0 Å². The van der Waals surface area contributed by atoms with E-state index in [1.54, 1.807) is 7.05 Å². The number of carbonyl (C=O) groups is 1. The highest BCUT2D eigenvalue weighted by molar-refractivity contribution is 5.81. The van der Waals surface area contributed by atoms with E-state index in [2.05, 4.69) is 25.8 Å². The van der Waals surface area contributed by atoms with Crippen LogP contribution in [0.4, 0.5) is 13.2 Å². The van der Waals surface area contributed by atoms with Crippen molar-refractivity contribution in [2.75, 3.05) is 26.7 Å². The number of rotatable bonds is 8. The van der Waals surface area contributed by atoms with Gasteiger partial charge in [0.25, 0.3) is 0 Å². The quantitative estimate of drug-likeness (QED) is 0.441. The molecular weight excluding hydrogens is 395 g/mol. The second kappa shape index (κ2) is 11.2. The Labute approximate surface area is 176 Å². The fourth-order valence-corrected chi connectivity index (χ4v) is 3.28. The van der Waals surface area contributed by atoms with Crippen molar-refractivity contribution in [3.8, 4) is 0 Å². The number of aliphatic imine (C=N–C) groups is 1. The van der Waals surface area contributed by atoms with Crippen molar-refractivity contribution in [2.24, 2.45) is 4.99 Å². The molecule has 1 aromatic carbocycles. The molecule has 0 radical (unpaired) electrons. The molecule has 0 aliphatic carbocycles. The molecule has 1 aliphatic heterocycles. The monoisotopic (exact) mass is 427 g/mol. The Bertz CT molecular complexity index is 706. The Morgan fingerprint density at radius 2 is 2.00 bits per heavy atom. The van der Waals surface area contributed by atoms with Crippen LogP contribution in [0.1, 0.15) is 44.2 Å². The average molecular weight is 428 g/mol. The molecule has 0 saturated carbocycles. The lowest BCUT2D eigenvalue weighted by atomic mass is 10.1. The zero-order valence-electron chi connectivity index (χ0n) is 17.9. The topological polar surface area (TPSA) is 68.8 Å². The molecule has 1 fully saturated rings. The minimum Gasteiger partial charge on any atom is -0.356 e. The second-order valence-corrected chi connectivity index (χ2v) is 7.69. The minimum atomic E-state index is -4.31. The van der Waals surface area contributed by atoms with Gasteiger partial charge in [-0.3, -0.25) is 14.7 Å². The van der Waals surface area contributed by atoms with Crippen molar-refractivity contribution < 1.29 is 18.0 Å². The number of hydrogen-bond acceptors (Lipinski definition) is 3. The van der Waals surface area contributed by atoms with Crippen LogP contribution in [0.2, 0.25) is 0 Å². The number of amides is 1. The van der Waals surface area contributed by atoms with Gasteiger partial charge in [-0.15, -0.1) is 0 Å². The molecule has 0 aromatic heterocycles. The molecule has 2 rings (SSSR count). The van der Waals surface area contributed by atoms with E-state index in [0.717, 1.165) is 43.6 Å². The summed E-state index contributed by atoms with van der Waals surface area (Å²) < 4.78 is 38.0. The number of hydrogen-bond donors (Lipinski definition) is 3. The van der Waals surface area contributed by atoms with Crippen LogP contribution in [0.15, 0.2) is 29.3 Å². The highest BCUT2D eigenvalue weighted by Crippen LogP contribution is 2.29. The fourth-order valence-electron chi connectivity index (χ4n) is 3.28. The van der Waals surface area contributed by atoms with Crippen molar-refractivity contribution >= 4 is 11.9 Å². The van der Waals surface area contributed by atoms with E-state index < -0.39 is 11.7 Å². The molecular formula is C21H32F3N5O. The second-order valence-electron chi connectivity index (χ2n) is 7.69. The number of benzene rings is 1. The van der Waals surface area contributed by atoms with Gasteiger partial charge in [-0.05, 0) is 37.5 Å². The summed E-state index contributed by atoms with van der Waals surface area (Å²) in [4.78, 5) is 18.2. The largest absolute Gasteiger partial charge is 0.416 e. The van der Waals surface area contributed by atoms with E-state index in [0.29, 0.717) is 25.5 Å². The number of guanidine groups is 1. The molecule has 1 amide bonds. The first-order valence-electron chi connectivity index (χ1n) is 10.4. The molecule has 9 heteroatoms. The number of likely N-dealkylation sites (tertiary alicyclic amines) is 1. The van der Waals surface area contributed by atoms with Crippen LogP contribution in [0.5, 0.6) is 0 Å². The third kappa shape index (κ3) is 7.85. The number of alkyl halides is 3. The van der Waals surface area contributed by atoms with E-state index in [1.807, 2.05) is 13.8 Å². The van der Waals surface area contributed by atoms with Gasteiger partial charge in [0.05, 0.1) is 5.56 Å². The predicted octanol–water partition coefficient (Wildman–Crippen LogP) is 2.75. The molecule has 1 heterocycles. The van der Waals surface area contributed by atoms with E-state index in [9.17, 15) is 18.0 Å². The number of carbonyl (C=O) groups excluding carboxylic acids is 1. The van der Waals surface area contributed by atoms with Gasteiger partial charge in [0, 0.05) is 51.7 Å². The minimum absolute atomic E-state index is 0.0101. The number of nitrogens with one attached hydrogen (secondary N) is 3. The van der Waals surface area contributed by atoms with Crippen molar-refractivity contribution in [1.29, 1.82) is 0 Å². The summed E-state index contributed by atoms with van der Waals surface area (Å²) in [7, 11) is 1.68. The fraction of sp³-hybridized carbons (Fsp3) is 0.619. The summed E-state index contributed by atoms with van der Waals surface area (Å²) in [6, 6.07) is 5.70. The molecule has 2 unspecified atom stereocenters. The van der Waals surface area contributed by atoms with Crippen molar-refractivity contribution in [3.63, 3.8) is 0 Å². The number of halogens is 3. The van der Waals surface area contributed by atoms with Gasteiger partial charge < -0.3 is 16.0 Å². The van der Waals surface area contributed by atoms with Crippen LogP contribution in [-0.4, -0.2) is 55.5 Å². The van der Waals surface area contributed by atoms with E-state index in [1.165, 1.54) is 12.1 Å². The molecule has 168 valence electrons. The zero-order chi connectivity index (χ0) is 22.1. The third-order valence-electron chi connectivity index (χ3n) is 5.19. The van der Waals surface area contributed by atoms with Crippen LogP contribution in [0, 0.1) is 0 Å². The standard InChI is InChI=1S/C21H32F3N5O/c1-4-15(2)27-19(30)9-11-26-20(25-3)28-18-10-12-29(14-18)13-16-5-7-17(8-6-16)21(22,23)24/h5-8,15,18H,4,9-14H2,1-3H3,(H,27,30)(H2,25,26,28). The van der Waals surface area contributed by atoms with E-state index >= 15 is 0 Å². The van der Waals surface area contributed by atoms with Gasteiger partial charge >= 0.3 is 6.18 Å². The van der Waals surface area contributed by atoms with Crippen molar-refractivity contribution in [2.45, 2.75) is 57.9 Å². The Kier molecular flexibility index (Phi) is 8.95. The average Bonchev–Trinajstić information content (AvgIpc) is 3.13. The summed E-state index contributed by atoms with van der Waals surface area (Å²) >= 11 is 0. The molecule has 6 nitrogen and oxygen atoms in total. The molecule has 1 aliphatic rings. The Morgan fingerprint density at radius 3 is 2.60 bits per heavy atom. The molecule has 2 atom stereocenters. The Balaban J connectivity index is 1.73. The molecule has 30 heavy (non-hydrogen) atoms. The Hall–Kier alpha value is -2.29. The summed E-state index contributed by atoms with van der Waals surface area (Å²) in [6.07, 6.45) is -2.13. The van der Waals surface area contributed by atoms with Gasteiger partial charge in [0.1, 0.15) is 0 Å². The maximum Gasteiger partial charge on any atom is 0.416 e. The number of nitrogens with zero attached hydrogens (tertiary/aromatic N) is 2. The lowest BCUT2D eigenvalue weighted by Gasteiger charge is -2.19. The van der Waals surface area contributed by atoms with Crippen LogP contribution in [0.3, 0.4) is 0 Å². The first kappa shape index (κ1) is 24.0. The van der Waals surface area contributed by atoms with Crippen molar-refractivity contribution in [3.05, 3.63) is 35.4 Å². The molecule has 1 aromatic rings. The highest BCUT2D eigenvalue weighted by atomic mass is 19.4. The van der Waals surface area contributed by atoms with E-state index in [-0.39, 0.29) is 18.0 Å². The summed E-state index contributed by atoms with van der Waals surface area (Å²) in [5, 5.41) is 9.44. The SMILES string of the molecule is CCC(C)NC(=O)CCNC(=NC)NC1CCN(Cc2ccc(C(F)(F)F)cc2)C1. The zero-order valence-corrected chi connectivity index (χ0v) is 17.9.